The lowest BCUT2D eigenvalue weighted by atomic mass is 10.1. The quantitative estimate of drug-likeness (QED) is 0.857. The number of rotatable bonds is 6. The highest BCUT2D eigenvalue weighted by Gasteiger charge is 2.19. The molecule has 1 N–H and O–H groups in total. The minimum Gasteiger partial charge on any atom is -0.313 e. The van der Waals surface area contributed by atoms with E-state index >= 15 is 0 Å². The van der Waals surface area contributed by atoms with Crippen molar-refractivity contribution in [3.8, 4) is 0 Å². The molecule has 1 fully saturated rings. The second-order valence-corrected chi connectivity index (χ2v) is 6.89. The molecule has 2 rings (SSSR count). The Balaban J connectivity index is 2.01. The highest BCUT2D eigenvalue weighted by molar-refractivity contribution is 6.30. The highest BCUT2D eigenvalue weighted by Crippen LogP contribution is 2.18. The van der Waals surface area contributed by atoms with Crippen molar-refractivity contribution in [2.75, 3.05) is 19.6 Å². The molecule has 1 aromatic rings. The van der Waals surface area contributed by atoms with E-state index in [0.717, 1.165) is 24.7 Å². The van der Waals surface area contributed by atoms with E-state index in [2.05, 4.69) is 43.1 Å². The smallest absolute Gasteiger partial charge is 0.0408 e. The van der Waals surface area contributed by atoms with Crippen molar-refractivity contribution in [3.05, 3.63) is 34.3 Å². The summed E-state index contributed by atoms with van der Waals surface area (Å²) in [5, 5.41) is 4.44. The van der Waals surface area contributed by atoms with Crippen LogP contribution < -0.4 is 5.32 Å². The van der Waals surface area contributed by atoms with Gasteiger partial charge in [0.05, 0.1) is 0 Å². The fourth-order valence-corrected chi connectivity index (χ4v) is 3.25. The van der Waals surface area contributed by atoms with E-state index in [1.807, 2.05) is 6.07 Å². The molecular formula is C17H27ClN2. The highest BCUT2D eigenvalue weighted by atomic mass is 35.5. The van der Waals surface area contributed by atoms with Crippen molar-refractivity contribution in [2.24, 2.45) is 5.92 Å². The zero-order valence-electron chi connectivity index (χ0n) is 13.0. The molecular weight excluding hydrogens is 268 g/mol. The zero-order valence-corrected chi connectivity index (χ0v) is 13.7. The maximum absolute atomic E-state index is 6.05. The number of benzene rings is 1. The van der Waals surface area contributed by atoms with Crippen LogP contribution in [0, 0.1) is 12.8 Å². The summed E-state index contributed by atoms with van der Waals surface area (Å²) in [5.41, 5.74) is 2.69. The molecule has 0 radical (unpaired) electrons. The molecule has 0 amide bonds. The van der Waals surface area contributed by atoms with Gasteiger partial charge in [-0.1, -0.05) is 31.5 Å². The van der Waals surface area contributed by atoms with Crippen LogP contribution in [0.3, 0.4) is 0 Å². The summed E-state index contributed by atoms with van der Waals surface area (Å²) >= 11 is 6.05. The van der Waals surface area contributed by atoms with Gasteiger partial charge in [-0.05, 0) is 55.5 Å². The van der Waals surface area contributed by atoms with Gasteiger partial charge in [0.1, 0.15) is 0 Å². The molecule has 0 bridgehead atoms. The van der Waals surface area contributed by atoms with E-state index in [0.29, 0.717) is 12.0 Å². The third-order valence-electron chi connectivity index (χ3n) is 3.96. The van der Waals surface area contributed by atoms with Crippen LogP contribution in [-0.2, 0) is 6.54 Å². The third-order valence-corrected chi connectivity index (χ3v) is 4.20. The molecule has 1 aromatic carbocycles. The Morgan fingerprint density at radius 3 is 2.80 bits per heavy atom. The van der Waals surface area contributed by atoms with Gasteiger partial charge in [-0.25, -0.2) is 0 Å². The molecule has 2 nitrogen and oxygen atoms in total. The third kappa shape index (κ3) is 4.76. The van der Waals surface area contributed by atoms with Crippen molar-refractivity contribution in [3.63, 3.8) is 0 Å². The van der Waals surface area contributed by atoms with Crippen LogP contribution >= 0.6 is 11.6 Å². The SMILES string of the molecule is Cc1cc(Cl)ccc1CN(CC(C)C)CC1CCCN1. The largest absolute Gasteiger partial charge is 0.313 e. The molecule has 1 aliphatic heterocycles. The van der Waals surface area contributed by atoms with E-state index in [1.54, 1.807) is 0 Å². The molecule has 1 saturated heterocycles. The Labute approximate surface area is 128 Å². The fraction of sp³-hybridized carbons (Fsp3) is 0.647. The number of nitrogens with one attached hydrogen (secondary N) is 1. The summed E-state index contributed by atoms with van der Waals surface area (Å²) in [6.07, 6.45) is 2.63. The van der Waals surface area contributed by atoms with Gasteiger partial charge in [0.15, 0.2) is 0 Å². The number of hydrogen-bond acceptors (Lipinski definition) is 2. The molecule has 1 aliphatic rings. The van der Waals surface area contributed by atoms with Gasteiger partial charge in [-0.3, -0.25) is 4.90 Å². The molecule has 0 saturated carbocycles. The summed E-state index contributed by atoms with van der Waals surface area (Å²) in [5.74, 6) is 0.698. The molecule has 0 spiro atoms. The Bertz CT molecular complexity index is 425. The molecule has 3 heteroatoms. The summed E-state index contributed by atoms with van der Waals surface area (Å²) in [6.45, 7) is 11.3. The molecule has 0 aliphatic carbocycles. The van der Waals surface area contributed by atoms with Crippen molar-refractivity contribution in [2.45, 2.75) is 46.2 Å². The van der Waals surface area contributed by atoms with Gasteiger partial charge in [0.25, 0.3) is 0 Å². The molecule has 1 atom stereocenters. The predicted octanol–water partition coefficient (Wildman–Crippen LogP) is 3.86. The first-order chi connectivity index (χ1) is 9.54. The maximum atomic E-state index is 6.05. The average Bonchev–Trinajstić information content (AvgIpc) is 2.84. The van der Waals surface area contributed by atoms with Crippen LogP contribution in [0.15, 0.2) is 18.2 Å². The van der Waals surface area contributed by atoms with Gasteiger partial charge in [-0.15, -0.1) is 0 Å². The maximum Gasteiger partial charge on any atom is 0.0408 e. The summed E-state index contributed by atoms with van der Waals surface area (Å²) in [6, 6.07) is 6.91. The second-order valence-electron chi connectivity index (χ2n) is 6.45. The van der Waals surface area contributed by atoms with Crippen LogP contribution in [-0.4, -0.2) is 30.6 Å². The van der Waals surface area contributed by atoms with Gasteiger partial charge in [-0.2, -0.15) is 0 Å². The van der Waals surface area contributed by atoms with Crippen LogP contribution in [0.1, 0.15) is 37.8 Å². The standard InChI is InChI=1S/C17H27ClN2/c1-13(2)10-20(12-17-5-4-8-19-17)11-15-6-7-16(18)9-14(15)3/h6-7,9,13,17,19H,4-5,8,10-12H2,1-3H3. The lowest BCUT2D eigenvalue weighted by molar-refractivity contribution is 0.216. The predicted molar refractivity (Wildman–Crippen MR) is 87.3 cm³/mol. The van der Waals surface area contributed by atoms with Gasteiger partial charge in [0.2, 0.25) is 0 Å². The summed E-state index contributed by atoms with van der Waals surface area (Å²) in [7, 11) is 0. The van der Waals surface area contributed by atoms with Crippen molar-refractivity contribution < 1.29 is 0 Å². The fourth-order valence-electron chi connectivity index (χ4n) is 3.02. The zero-order chi connectivity index (χ0) is 14.5. The minimum atomic E-state index is 0.668. The molecule has 1 unspecified atom stereocenters. The number of halogens is 1. The van der Waals surface area contributed by atoms with E-state index in [9.17, 15) is 0 Å². The van der Waals surface area contributed by atoms with E-state index < -0.39 is 0 Å². The monoisotopic (exact) mass is 294 g/mol. The van der Waals surface area contributed by atoms with Crippen LogP contribution in [0.25, 0.3) is 0 Å². The molecule has 0 aromatic heterocycles. The topological polar surface area (TPSA) is 15.3 Å². The number of aryl methyl sites for hydroxylation is 1. The first-order valence-corrected chi connectivity index (χ1v) is 8.13. The van der Waals surface area contributed by atoms with E-state index in [-0.39, 0.29) is 0 Å². The second kappa shape index (κ2) is 7.44. The number of nitrogens with zero attached hydrogens (tertiary/aromatic N) is 1. The normalized spacial score (nSPS) is 19.2. The van der Waals surface area contributed by atoms with Crippen LogP contribution in [0.4, 0.5) is 0 Å². The lowest BCUT2D eigenvalue weighted by Gasteiger charge is -2.28. The van der Waals surface area contributed by atoms with Crippen LogP contribution in [0.5, 0.6) is 0 Å². The molecule has 1 heterocycles. The van der Waals surface area contributed by atoms with Gasteiger partial charge >= 0.3 is 0 Å². The summed E-state index contributed by atoms with van der Waals surface area (Å²) in [4.78, 5) is 2.59. The minimum absolute atomic E-state index is 0.668. The van der Waals surface area contributed by atoms with Crippen molar-refractivity contribution >= 4 is 11.6 Å². The Hall–Kier alpha value is -0.570. The van der Waals surface area contributed by atoms with E-state index in [1.165, 1.54) is 30.5 Å². The van der Waals surface area contributed by atoms with Crippen LogP contribution in [0.2, 0.25) is 5.02 Å². The van der Waals surface area contributed by atoms with Gasteiger partial charge in [0, 0.05) is 30.7 Å². The van der Waals surface area contributed by atoms with Crippen molar-refractivity contribution in [1.82, 2.24) is 10.2 Å². The first kappa shape index (κ1) is 15.8. The lowest BCUT2D eigenvalue weighted by Crippen LogP contribution is -2.39. The summed E-state index contributed by atoms with van der Waals surface area (Å²) < 4.78 is 0. The molecule has 112 valence electrons. The van der Waals surface area contributed by atoms with Gasteiger partial charge < -0.3 is 5.32 Å². The van der Waals surface area contributed by atoms with E-state index in [4.69, 9.17) is 11.6 Å². The average molecular weight is 295 g/mol. The Kier molecular flexibility index (Phi) is 5.88. The first-order valence-electron chi connectivity index (χ1n) is 7.75. The molecule has 20 heavy (non-hydrogen) atoms. The Morgan fingerprint density at radius 2 is 2.20 bits per heavy atom. The Morgan fingerprint density at radius 1 is 1.40 bits per heavy atom. The number of hydrogen-bond donors (Lipinski definition) is 1. The van der Waals surface area contributed by atoms with Crippen molar-refractivity contribution in [1.29, 1.82) is 0 Å².